The number of nitrogens with zero attached hydrogens (tertiary/aromatic N) is 2. The van der Waals surface area contributed by atoms with Crippen molar-refractivity contribution in [2.24, 2.45) is 0 Å². The summed E-state index contributed by atoms with van der Waals surface area (Å²) in [5.41, 5.74) is 4.02. The van der Waals surface area contributed by atoms with E-state index in [0.29, 0.717) is 38.8 Å². The SMILES string of the molecule is Cc1ccccc1N(c1cc2ccc3cc(N(c4cc(-c5ccc(F)cc5)ccc4F)c4ccccc4C(F)(F)F)cc4ccc(c1)c2c34)c1cc(-c2ccc(F)cc2)ccc1F. The van der Waals surface area contributed by atoms with Crippen LogP contribution in [-0.4, -0.2) is 0 Å². The van der Waals surface area contributed by atoms with Gasteiger partial charge in [0.05, 0.1) is 22.6 Å². The standard InChI is InChI=1S/C54H33F7N2/c1-32-6-2-4-8-48(32)62(50-30-35(18-24-46(50)57)33-14-20-41(55)21-15-33)43-26-37-10-12-39-28-44(29-40-13-11-38(27-43)52(37)53(39)40)63(49-9-5-3-7-45(49)54(59,60)61)51-31-36(19-25-47(51)58)34-16-22-42(56)23-17-34/h2-31H,1H3. The third kappa shape index (κ3) is 7.15. The zero-order valence-electron chi connectivity index (χ0n) is 33.4. The summed E-state index contributed by atoms with van der Waals surface area (Å²) in [5.74, 6) is -2.05. The van der Waals surface area contributed by atoms with Crippen molar-refractivity contribution in [3.63, 3.8) is 0 Å². The summed E-state index contributed by atoms with van der Waals surface area (Å²) in [4.78, 5) is 3.15. The molecule has 0 unspecified atom stereocenters. The molecule has 10 aromatic rings. The van der Waals surface area contributed by atoms with E-state index in [-0.39, 0.29) is 22.9 Å². The number of hydrogen-bond donors (Lipinski definition) is 0. The van der Waals surface area contributed by atoms with E-state index in [1.54, 1.807) is 36.4 Å². The maximum absolute atomic E-state index is 16.2. The van der Waals surface area contributed by atoms with E-state index in [4.69, 9.17) is 0 Å². The van der Waals surface area contributed by atoms with Gasteiger partial charge in [-0.3, -0.25) is 0 Å². The summed E-state index contributed by atoms with van der Waals surface area (Å²) in [6.45, 7) is 1.95. The Kier molecular flexibility index (Phi) is 9.63. The fourth-order valence-electron chi connectivity index (χ4n) is 8.61. The number of aryl methyl sites for hydroxylation is 1. The smallest absolute Gasteiger partial charge is 0.307 e. The van der Waals surface area contributed by atoms with Crippen LogP contribution in [0.25, 0.3) is 54.6 Å². The summed E-state index contributed by atoms with van der Waals surface area (Å²) in [6, 6.07) is 48.4. The number of para-hydroxylation sites is 2. The quantitative estimate of drug-likeness (QED) is 0.111. The van der Waals surface area contributed by atoms with Crippen LogP contribution in [0.3, 0.4) is 0 Å². The molecule has 0 fully saturated rings. The number of hydrogen-bond acceptors (Lipinski definition) is 2. The Bertz CT molecular complexity index is 3280. The van der Waals surface area contributed by atoms with E-state index in [2.05, 4.69) is 0 Å². The first-order chi connectivity index (χ1) is 30.4. The Morgan fingerprint density at radius 2 is 0.746 bits per heavy atom. The maximum Gasteiger partial charge on any atom is 0.418 e. The minimum Gasteiger partial charge on any atom is -0.307 e. The molecule has 10 aromatic carbocycles. The van der Waals surface area contributed by atoms with Crippen LogP contribution < -0.4 is 9.80 Å². The highest BCUT2D eigenvalue weighted by molar-refractivity contribution is 6.24. The van der Waals surface area contributed by atoms with Gasteiger partial charge in [0.2, 0.25) is 0 Å². The fourth-order valence-corrected chi connectivity index (χ4v) is 8.61. The topological polar surface area (TPSA) is 6.48 Å². The van der Waals surface area contributed by atoms with Gasteiger partial charge in [0.25, 0.3) is 0 Å². The molecule has 0 N–H and O–H groups in total. The fraction of sp³-hybridized carbons (Fsp3) is 0.0370. The average molecular weight is 843 g/mol. The highest BCUT2D eigenvalue weighted by Gasteiger charge is 2.36. The zero-order chi connectivity index (χ0) is 43.6. The maximum atomic E-state index is 16.2. The number of benzene rings is 10. The number of halogens is 7. The normalized spacial score (nSPS) is 11.8. The second-order valence-corrected chi connectivity index (χ2v) is 15.5. The van der Waals surface area contributed by atoms with E-state index < -0.39 is 29.2 Å². The molecule has 308 valence electrons. The summed E-state index contributed by atoms with van der Waals surface area (Å²) >= 11 is 0. The van der Waals surface area contributed by atoms with Gasteiger partial charge >= 0.3 is 6.18 Å². The first-order valence-electron chi connectivity index (χ1n) is 20.1. The van der Waals surface area contributed by atoms with Crippen LogP contribution in [0.2, 0.25) is 0 Å². The zero-order valence-corrected chi connectivity index (χ0v) is 33.4. The van der Waals surface area contributed by atoms with E-state index in [1.807, 2.05) is 72.5 Å². The summed E-state index contributed by atoms with van der Waals surface area (Å²) in [5, 5.41) is 4.80. The molecule has 9 heteroatoms. The highest BCUT2D eigenvalue weighted by Crippen LogP contribution is 2.48. The Morgan fingerprint density at radius 1 is 0.365 bits per heavy atom. The van der Waals surface area contributed by atoms with Gasteiger partial charge in [0.1, 0.15) is 23.3 Å². The number of rotatable bonds is 8. The van der Waals surface area contributed by atoms with Gasteiger partial charge in [-0.15, -0.1) is 0 Å². The predicted octanol–water partition coefficient (Wildman–Crippen LogP) is 16.7. The Balaban J connectivity index is 1.16. The highest BCUT2D eigenvalue weighted by atomic mass is 19.4. The Labute approximate surface area is 357 Å². The molecule has 0 spiro atoms. The molecule has 0 saturated carbocycles. The van der Waals surface area contributed by atoms with Crippen molar-refractivity contribution >= 4 is 66.4 Å². The molecule has 0 aliphatic carbocycles. The van der Waals surface area contributed by atoms with E-state index >= 15 is 8.78 Å². The van der Waals surface area contributed by atoms with Gasteiger partial charge in [0, 0.05) is 17.1 Å². The minimum absolute atomic E-state index is 0.127. The minimum atomic E-state index is -4.77. The van der Waals surface area contributed by atoms with E-state index in [0.717, 1.165) is 44.4 Å². The van der Waals surface area contributed by atoms with Crippen molar-refractivity contribution in [2.45, 2.75) is 13.1 Å². The average Bonchev–Trinajstić information content (AvgIpc) is 3.28. The third-order valence-electron chi connectivity index (χ3n) is 11.6. The molecule has 0 aliphatic heterocycles. The largest absolute Gasteiger partial charge is 0.418 e. The monoisotopic (exact) mass is 842 g/mol. The third-order valence-corrected chi connectivity index (χ3v) is 11.6. The molecule has 0 heterocycles. The predicted molar refractivity (Wildman–Crippen MR) is 240 cm³/mol. The molecule has 0 aromatic heterocycles. The van der Waals surface area contributed by atoms with Crippen LogP contribution >= 0.6 is 0 Å². The summed E-state index contributed by atoms with van der Waals surface area (Å²) in [7, 11) is 0. The van der Waals surface area contributed by atoms with Gasteiger partial charge in [-0.2, -0.15) is 13.2 Å². The molecular weight excluding hydrogens is 810 g/mol. The van der Waals surface area contributed by atoms with Gasteiger partial charge in [-0.1, -0.05) is 91.0 Å². The Hall–Kier alpha value is -7.65. The van der Waals surface area contributed by atoms with Gasteiger partial charge < -0.3 is 9.80 Å². The van der Waals surface area contributed by atoms with Crippen molar-refractivity contribution < 1.29 is 30.7 Å². The lowest BCUT2D eigenvalue weighted by atomic mass is 9.92. The van der Waals surface area contributed by atoms with E-state index in [9.17, 15) is 22.0 Å². The number of alkyl halides is 3. The van der Waals surface area contributed by atoms with Crippen molar-refractivity contribution in [1.29, 1.82) is 0 Å². The van der Waals surface area contributed by atoms with Crippen molar-refractivity contribution in [3.8, 4) is 22.3 Å². The molecular formula is C54H33F7N2. The molecule has 0 bridgehead atoms. The number of anilines is 6. The van der Waals surface area contributed by atoms with Crippen LogP contribution in [-0.2, 0) is 6.18 Å². The van der Waals surface area contributed by atoms with Crippen LogP contribution in [0.4, 0.5) is 64.9 Å². The molecule has 0 amide bonds. The van der Waals surface area contributed by atoms with Crippen molar-refractivity contribution in [1.82, 2.24) is 0 Å². The van der Waals surface area contributed by atoms with Crippen molar-refractivity contribution in [3.05, 3.63) is 216 Å². The first kappa shape index (κ1) is 39.5. The molecule has 0 atom stereocenters. The lowest BCUT2D eigenvalue weighted by Gasteiger charge is -2.30. The molecule has 63 heavy (non-hydrogen) atoms. The lowest BCUT2D eigenvalue weighted by molar-refractivity contribution is -0.137. The van der Waals surface area contributed by atoms with Crippen LogP contribution in [0.1, 0.15) is 11.1 Å². The van der Waals surface area contributed by atoms with Gasteiger partial charge in [-0.25, -0.2) is 17.6 Å². The van der Waals surface area contributed by atoms with Crippen LogP contribution in [0, 0.1) is 30.2 Å². The molecule has 0 radical (unpaired) electrons. The molecule has 2 nitrogen and oxygen atoms in total. The van der Waals surface area contributed by atoms with Crippen molar-refractivity contribution in [2.75, 3.05) is 9.80 Å². The Morgan fingerprint density at radius 3 is 1.17 bits per heavy atom. The van der Waals surface area contributed by atoms with Gasteiger partial charge in [-0.05, 0) is 158 Å². The first-order valence-corrected chi connectivity index (χ1v) is 20.1. The van der Waals surface area contributed by atoms with Crippen LogP contribution in [0.5, 0.6) is 0 Å². The second kappa shape index (κ2) is 15.4. The molecule has 0 saturated heterocycles. The second-order valence-electron chi connectivity index (χ2n) is 15.5. The van der Waals surface area contributed by atoms with E-state index in [1.165, 1.54) is 83.8 Å². The van der Waals surface area contributed by atoms with Gasteiger partial charge in [0.15, 0.2) is 0 Å². The summed E-state index contributed by atoms with van der Waals surface area (Å²) in [6.07, 6.45) is -4.77. The molecule has 0 aliphatic rings. The summed E-state index contributed by atoms with van der Waals surface area (Å²) < 4.78 is 104. The van der Waals surface area contributed by atoms with Crippen LogP contribution in [0.15, 0.2) is 182 Å². The molecule has 10 rings (SSSR count). The lowest BCUT2D eigenvalue weighted by Crippen LogP contribution is -2.17.